The number of rotatable bonds is 3. The minimum absolute atomic E-state index is 0. The van der Waals surface area contributed by atoms with E-state index in [-0.39, 0.29) is 35.2 Å². The molecule has 0 aromatic rings. The number of hydrogen-bond acceptors (Lipinski definition) is 3. The molecule has 1 amide bonds. The Morgan fingerprint density at radius 1 is 1.23 bits per heavy atom. The van der Waals surface area contributed by atoms with Gasteiger partial charge in [-0.15, -0.1) is 12.4 Å². The fourth-order valence-corrected chi connectivity index (χ4v) is 4.74. The minimum atomic E-state index is -0.270. The van der Waals surface area contributed by atoms with Crippen molar-refractivity contribution in [2.24, 2.45) is 16.7 Å². The summed E-state index contributed by atoms with van der Waals surface area (Å²) in [5.41, 5.74) is -0.311. The van der Waals surface area contributed by atoms with E-state index in [0.29, 0.717) is 12.5 Å². The van der Waals surface area contributed by atoms with Crippen molar-refractivity contribution < 1.29 is 9.90 Å². The predicted molar refractivity (Wildman–Crippen MR) is 90.1 cm³/mol. The molecule has 0 aromatic carbocycles. The highest BCUT2D eigenvalue weighted by Crippen LogP contribution is 2.44. The van der Waals surface area contributed by atoms with Crippen LogP contribution in [0.2, 0.25) is 0 Å². The van der Waals surface area contributed by atoms with Crippen molar-refractivity contribution in [3.63, 3.8) is 0 Å². The summed E-state index contributed by atoms with van der Waals surface area (Å²) in [6.45, 7) is 4.58. The highest BCUT2D eigenvalue weighted by Gasteiger charge is 2.50. The van der Waals surface area contributed by atoms with Crippen LogP contribution in [0.15, 0.2) is 0 Å². The molecule has 2 unspecified atom stereocenters. The highest BCUT2D eigenvalue weighted by molar-refractivity contribution is 5.85. The van der Waals surface area contributed by atoms with E-state index in [0.717, 1.165) is 38.8 Å². The summed E-state index contributed by atoms with van der Waals surface area (Å²) in [6.07, 6.45) is 8.54. The number of hydrogen-bond donors (Lipinski definition) is 3. The number of aliphatic hydroxyl groups excluding tert-OH is 1. The van der Waals surface area contributed by atoms with Crippen molar-refractivity contribution in [2.45, 2.75) is 64.4 Å². The Hall–Kier alpha value is -0.320. The summed E-state index contributed by atoms with van der Waals surface area (Å²) in [6, 6.07) is 0. The van der Waals surface area contributed by atoms with Crippen LogP contribution < -0.4 is 10.6 Å². The number of carbonyl (C=O) groups excluding carboxylic acids is 1. The SMILES string of the molecule is CC1(CNC(=O)[C@@]23CCCC[C@H]2CNC3)CCCCC1O.Cl. The molecule has 1 aliphatic heterocycles. The Morgan fingerprint density at radius 3 is 2.73 bits per heavy atom. The molecule has 128 valence electrons. The lowest BCUT2D eigenvalue weighted by Crippen LogP contribution is -2.52. The van der Waals surface area contributed by atoms with Crippen LogP contribution in [0.1, 0.15) is 58.3 Å². The molecular weight excluding hydrogens is 300 g/mol. The highest BCUT2D eigenvalue weighted by atomic mass is 35.5. The first-order valence-corrected chi connectivity index (χ1v) is 8.74. The molecule has 1 heterocycles. The standard InChI is InChI=1S/C17H30N2O2.ClH/c1-16(8-4-3-7-14(16)20)11-19-15(21)17-9-5-2-6-13(17)10-18-12-17;/h13-14,18,20H,2-12H2,1H3,(H,19,21);1H/t13-,14?,16?,17+;/m0./s1. The van der Waals surface area contributed by atoms with Gasteiger partial charge in [-0.05, 0) is 38.1 Å². The van der Waals surface area contributed by atoms with Gasteiger partial charge >= 0.3 is 0 Å². The molecule has 0 bridgehead atoms. The lowest BCUT2D eigenvalue weighted by molar-refractivity contribution is -0.135. The largest absolute Gasteiger partial charge is 0.392 e. The van der Waals surface area contributed by atoms with Gasteiger partial charge in [0.15, 0.2) is 0 Å². The van der Waals surface area contributed by atoms with Gasteiger partial charge in [0, 0.05) is 18.5 Å². The number of carbonyl (C=O) groups is 1. The second-order valence-corrected chi connectivity index (χ2v) is 7.83. The summed E-state index contributed by atoms with van der Waals surface area (Å²) in [4.78, 5) is 12.9. The van der Waals surface area contributed by atoms with E-state index in [2.05, 4.69) is 17.6 Å². The lowest BCUT2D eigenvalue weighted by atomic mass is 9.67. The van der Waals surface area contributed by atoms with Crippen molar-refractivity contribution in [1.29, 1.82) is 0 Å². The molecule has 3 rings (SSSR count). The van der Waals surface area contributed by atoms with Crippen LogP contribution in [0.25, 0.3) is 0 Å². The summed E-state index contributed by atoms with van der Waals surface area (Å²) >= 11 is 0. The molecule has 1 saturated heterocycles. The van der Waals surface area contributed by atoms with Crippen LogP contribution >= 0.6 is 12.4 Å². The van der Waals surface area contributed by atoms with Gasteiger partial charge in [-0.1, -0.05) is 32.6 Å². The van der Waals surface area contributed by atoms with Crippen LogP contribution in [0.4, 0.5) is 0 Å². The predicted octanol–water partition coefficient (Wildman–Crippen LogP) is 2.25. The molecule has 4 nitrogen and oxygen atoms in total. The van der Waals surface area contributed by atoms with E-state index >= 15 is 0 Å². The zero-order chi connectivity index (χ0) is 14.9. The molecule has 5 heteroatoms. The third kappa shape index (κ3) is 3.15. The quantitative estimate of drug-likeness (QED) is 0.743. The molecule has 4 atom stereocenters. The molecule has 22 heavy (non-hydrogen) atoms. The van der Waals surface area contributed by atoms with E-state index in [1.807, 2.05) is 0 Å². The molecule has 0 aromatic heterocycles. The van der Waals surface area contributed by atoms with Crippen molar-refractivity contribution in [2.75, 3.05) is 19.6 Å². The van der Waals surface area contributed by atoms with Crippen LogP contribution in [-0.2, 0) is 4.79 Å². The topological polar surface area (TPSA) is 61.4 Å². The zero-order valence-corrected chi connectivity index (χ0v) is 14.5. The molecule has 3 fully saturated rings. The Balaban J connectivity index is 0.00000176. The van der Waals surface area contributed by atoms with Crippen molar-refractivity contribution in [3.05, 3.63) is 0 Å². The summed E-state index contributed by atoms with van der Waals surface area (Å²) in [7, 11) is 0. The number of halogens is 1. The van der Waals surface area contributed by atoms with Gasteiger partial charge in [0.25, 0.3) is 0 Å². The van der Waals surface area contributed by atoms with Crippen LogP contribution in [0, 0.1) is 16.7 Å². The maximum atomic E-state index is 12.9. The fourth-order valence-electron chi connectivity index (χ4n) is 4.74. The number of aliphatic hydroxyl groups is 1. The van der Waals surface area contributed by atoms with E-state index in [9.17, 15) is 9.90 Å². The Morgan fingerprint density at radius 2 is 1.95 bits per heavy atom. The van der Waals surface area contributed by atoms with Gasteiger partial charge in [0.1, 0.15) is 0 Å². The summed E-state index contributed by atoms with van der Waals surface area (Å²) in [5, 5.41) is 16.9. The lowest BCUT2D eigenvalue weighted by Gasteiger charge is -2.41. The maximum absolute atomic E-state index is 12.9. The van der Waals surface area contributed by atoms with E-state index in [1.165, 1.54) is 25.7 Å². The van der Waals surface area contributed by atoms with E-state index in [4.69, 9.17) is 0 Å². The van der Waals surface area contributed by atoms with Crippen molar-refractivity contribution in [3.8, 4) is 0 Å². The van der Waals surface area contributed by atoms with E-state index < -0.39 is 0 Å². The Kier molecular flexibility index (Phi) is 5.79. The number of nitrogens with one attached hydrogen (secondary N) is 2. The number of fused-ring (bicyclic) bond motifs is 1. The fraction of sp³-hybridized carbons (Fsp3) is 0.941. The number of amides is 1. The summed E-state index contributed by atoms with van der Waals surface area (Å²) < 4.78 is 0. The second-order valence-electron chi connectivity index (χ2n) is 7.83. The Bertz CT molecular complexity index is 406. The van der Waals surface area contributed by atoms with Gasteiger partial charge in [-0.3, -0.25) is 4.79 Å². The van der Waals surface area contributed by atoms with Crippen LogP contribution in [0.5, 0.6) is 0 Å². The van der Waals surface area contributed by atoms with E-state index in [1.54, 1.807) is 0 Å². The molecule has 0 radical (unpaired) electrons. The van der Waals surface area contributed by atoms with Gasteiger partial charge in [0.2, 0.25) is 5.91 Å². The van der Waals surface area contributed by atoms with Crippen LogP contribution in [-0.4, -0.2) is 36.8 Å². The van der Waals surface area contributed by atoms with Crippen molar-refractivity contribution >= 4 is 18.3 Å². The first-order valence-electron chi connectivity index (χ1n) is 8.74. The molecule has 3 aliphatic rings. The first kappa shape index (κ1) is 18.0. The molecule has 0 spiro atoms. The monoisotopic (exact) mass is 330 g/mol. The molecule has 2 aliphatic carbocycles. The molecule has 2 saturated carbocycles. The van der Waals surface area contributed by atoms with Crippen LogP contribution in [0.3, 0.4) is 0 Å². The Labute approximate surface area is 140 Å². The van der Waals surface area contributed by atoms with Crippen molar-refractivity contribution in [1.82, 2.24) is 10.6 Å². The van der Waals surface area contributed by atoms with Gasteiger partial charge in [-0.2, -0.15) is 0 Å². The minimum Gasteiger partial charge on any atom is -0.392 e. The maximum Gasteiger partial charge on any atom is 0.227 e. The molecule has 3 N–H and O–H groups in total. The average Bonchev–Trinajstić information content (AvgIpc) is 2.93. The normalized spacial score (nSPS) is 41.4. The second kappa shape index (κ2) is 7.06. The smallest absolute Gasteiger partial charge is 0.227 e. The van der Waals surface area contributed by atoms with Gasteiger partial charge in [0.05, 0.1) is 11.5 Å². The molecular formula is C17H31ClN2O2. The third-order valence-electron chi connectivity index (χ3n) is 6.42. The first-order chi connectivity index (χ1) is 10.1. The zero-order valence-electron chi connectivity index (χ0n) is 13.7. The van der Waals surface area contributed by atoms with Gasteiger partial charge < -0.3 is 15.7 Å². The van der Waals surface area contributed by atoms with Gasteiger partial charge in [-0.25, -0.2) is 0 Å². The third-order valence-corrected chi connectivity index (χ3v) is 6.42. The summed E-state index contributed by atoms with van der Waals surface area (Å²) in [5.74, 6) is 0.742. The average molecular weight is 331 g/mol.